The molecule has 150 valence electrons. The van der Waals surface area contributed by atoms with Crippen LogP contribution in [0.2, 0.25) is 0 Å². The van der Waals surface area contributed by atoms with Crippen molar-refractivity contribution in [3.63, 3.8) is 0 Å². The predicted molar refractivity (Wildman–Crippen MR) is 105 cm³/mol. The number of aromatic nitrogens is 2. The van der Waals surface area contributed by atoms with Crippen molar-refractivity contribution >= 4 is 5.91 Å². The molecule has 1 aliphatic heterocycles. The molecule has 0 radical (unpaired) electrons. The second-order valence-corrected chi connectivity index (χ2v) is 7.05. The minimum absolute atomic E-state index is 0.124. The highest BCUT2D eigenvalue weighted by molar-refractivity contribution is 5.95. The number of carbonyl (C=O) groups excluding carboxylic acids is 1. The van der Waals surface area contributed by atoms with Crippen LogP contribution in [0.25, 0.3) is 5.69 Å². The van der Waals surface area contributed by atoms with Crippen LogP contribution >= 0.6 is 0 Å². The third-order valence-electron chi connectivity index (χ3n) is 5.07. The molecule has 29 heavy (non-hydrogen) atoms. The molecule has 3 aromatic rings. The first kappa shape index (κ1) is 18.8. The molecule has 0 aliphatic carbocycles. The summed E-state index contributed by atoms with van der Waals surface area (Å²) in [6.07, 6.45) is 1.65. The van der Waals surface area contributed by atoms with Crippen LogP contribution < -0.4 is 15.0 Å². The summed E-state index contributed by atoms with van der Waals surface area (Å²) >= 11 is 0. The molecule has 0 fully saturated rings. The molecule has 0 saturated heterocycles. The van der Waals surface area contributed by atoms with Gasteiger partial charge in [0.25, 0.3) is 11.5 Å². The van der Waals surface area contributed by atoms with E-state index in [0.29, 0.717) is 35.1 Å². The molecule has 4 rings (SSSR count). The average molecular weight is 395 g/mol. The number of amides is 1. The summed E-state index contributed by atoms with van der Waals surface area (Å²) in [5, 5.41) is 3.92. The number of ether oxygens (including phenoxy) is 2. The average Bonchev–Trinajstić information content (AvgIpc) is 3.29. The van der Waals surface area contributed by atoms with Crippen LogP contribution in [0.1, 0.15) is 32.9 Å². The maximum absolute atomic E-state index is 13.2. The molecule has 0 unspecified atom stereocenters. The fourth-order valence-electron chi connectivity index (χ4n) is 3.35. The van der Waals surface area contributed by atoms with E-state index in [2.05, 4.69) is 5.16 Å². The Kier molecular flexibility index (Phi) is 4.62. The number of fused-ring (bicyclic) bond motifs is 1. The van der Waals surface area contributed by atoms with E-state index >= 15 is 0 Å². The monoisotopic (exact) mass is 395 g/mol. The molecule has 0 spiro atoms. The molecule has 8 nitrogen and oxygen atoms in total. The molecule has 1 amide bonds. The zero-order chi connectivity index (χ0) is 20.7. The quantitative estimate of drug-likeness (QED) is 0.675. The van der Waals surface area contributed by atoms with Crippen LogP contribution in [0.5, 0.6) is 11.5 Å². The summed E-state index contributed by atoms with van der Waals surface area (Å²) in [6, 6.07) is 6.98. The lowest BCUT2D eigenvalue weighted by Gasteiger charge is -2.19. The number of aryl methyl sites for hydroxylation is 3. The lowest BCUT2D eigenvalue weighted by atomic mass is 10.1. The third-order valence-corrected chi connectivity index (χ3v) is 5.07. The van der Waals surface area contributed by atoms with Crippen molar-refractivity contribution in [3.8, 4) is 17.2 Å². The van der Waals surface area contributed by atoms with Crippen LogP contribution in [-0.4, -0.2) is 34.4 Å². The van der Waals surface area contributed by atoms with Crippen molar-refractivity contribution in [3.05, 3.63) is 69.0 Å². The Morgan fingerprint density at radius 1 is 1.17 bits per heavy atom. The van der Waals surface area contributed by atoms with Crippen LogP contribution in [-0.2, 0) is 6.54 Å². The van der Waals surface area contributed by atoms with Crippen molar-refractivity contribution < 1.29 is 18.8 Å². The van der Waals surface area contributed by atoms with E-state index in [1.165, 1.54) is 9.47 Å². The fourth-order valence-corrected chi connectivity index (χ4v) is 3.35. The van der Waals surface area contributed by atoms with E-state index in [1.54, 1.807) is 51.4 Å². The lowest BCUT2D eigenvalue weighted by Crippen LogP contribution is -2.34. The molecule has 1 aliphatic rings. The Morgan fingerprint density at radius 3 is 2.66 bits per heavy atom. The van der Waals surface area contributed by atoms with E-state index in [4.69, 9.17) is 14.0 Å². The summed E-state index contributed by atoms with van der Waals surface area (Å²) in [5.41, 5.74) is 2.51. The number of carbonyl (C=O) groups is 1. The predicted octanol–water partition coefficient (Wildman–Crippen LogP) is 2.75. The standard InChI is InChI=1S/C21H21N3O5/c1-12-7-8-24(15-5-6-17-18(9-15)28-11-27-17)21(26)19(12)20(25)23(4)10-16-13(2)22-29-14(16)3/h5-9H,10-11H2,1-4H3. The van der Waals surface area contributed by atoms with Gasteiger partial charge in [-0.15, -0.1) is 0 Å². The molecule has 1 aromatic carbocycles. The van der Waals surface area contributed by atoms with Crippen LogP contribution in [0.3, 0.4) is 0 Å². The maximum Gasteiger partial charge on any atom is 0.268 e. The summed E-state index contributed by atoms with van der Waals surface area (Å²) in [6.45, 7) is 5.83. The van der Waals surface area contributed by atoms with E-state index in [9.17, 15) is 9.59 Å². The molecule has 0 bridgehead atoms. The van der Waals surface area contributed by atoms with E-state index in [-0.39, 0.29) is 23.8 Å². The first-order valence-electron chi connectivity index (χ1n) is 9.16. The Labute approximate surface area is 167 Å². The van der Waals surface area contributed by atoms with E-state index < -0.39 is 0 Å². The van der Waals surface area contributed by atoms with Gasteiger partial charge in [-0.2, -0.15) is 0 Å². The van der Waals surface area contributed by atoms with E-state index in [0.717, 1.165) is 11.3 Å². The Balaban J connectivity index is 1.70. The lowest BCUT2D eigenvalue weighted by molar-refractivity contribution is 0.0781. The zero-order valence-corrected chi connectivity index (χ0v) is 16.7. The number of pyridine rings is 1. The SMILES string of the molecule is Cc1ccn(-c2ccc3c(c2)OCO3)c(=O)c1C(=O)N(C)Cc1c(C)noc1C. The Hall–Kier alpha value is -3.55. The molecule has 0 N–H and O–H groups in total. The first-order chi connectivity index (χ1) is 13.9. The van der Waals surface area contributed by atoms with Crippen molar-refractivity contribution in [2.45, 2.75) is 27.3 Å². The van der Waals surface area contributed by atoms with E-state index in [1.807, 2.05) is 6.92 Å². The largest absolute Gasteiger partial charge is 0.454 e. The summed E-state index contributed by atoms with van der Waals surface area (Å²) < 4.78 is 17.3. The number of benzene rings is 1. The van der Waals surface area contributed by atoms with Crippen LogP contribution in [0.4, 0.5) is 0 Å². The Bertz CT molecular complexity index is 1140. The van der Waals surface area contributed by atoms with Gasteiger partial charge in [-0.1, -0.05) is 5.16 Å². The summed E-state index contributed by atoms with van der Waals surface area (Å²) in [7, 11) is 1.66. The maximum atomic E-state index is 13.2. The highest BCUT2D eigenvalue weighted by Crippen LogP contribution is 2.33. The molecule has 0 saturated carbocycles. The minimum Gasteiger partial charge on any atom is -0.454 e. The molecule has 0 atom stereocenters. The van der Waals surface area contributed by atoms with Crippen molar-refractivity contribution in [1.82, 2.24) is 14.6 Å². The molecule has 8 heteroatoms. The van der Waals surface area contributed by atoms with Gasteiger partial charge in [-0.3, -0.25) is 14.2 Å². The van der Waals surface area contributed by atoms with Gasteiger partial charge in [0.15, 0.2) is 11.5 Å². The highest BCUT2D eigenvalue weighted by atomic mass is 16.7. The second kappa shape index (κ2) is 7.12. The minimum atomic E-state index is -0.389. The van der Waals surface area contributed by atoms with Gasteiger partial charge in [0.1, 0.15) is 11.3 Å². The normalized spacial score (nSPS) is 12.3. The van der Waals surface area contributed by atoms with Gasteiger partial charge in [0.2, 0.25) is 6.79 Å². The first-order valence-corrected chi connectivity index (χ1v) is 9.16. The zero-order valence-electron chi connectivity index (χ0n) is 16.7. The number of hydrogen-bond donors (Lipinski definition) is 0. The smallest absolute Gasteiger partial charge is 0.268 e. The van der Waals surface area contributed by atoms with Crippen LogP contribution in [0, 0.1) is 20.8 Å². The molecule has 3 heterocycles. The fraction of sp³-hybridized carbons (Fsp3) is 0.286. The van der Waals surface area contributed by atoms with Crippen molar-refractivity contribution in [2.24, 2.45) is 0 Å². The van der Waals surface area contributed by atoms with Gasteiger partial charge in [-0.25, -0.2) is 0 Å². The van der Waals surface area contributed by atoms with Gasteiger partial charge in [0.05, 0.1) is 17.9 Å². The van der Waals surface area contributed by atoms with Crippen molar-refractivity contribution in [2.75, 3.05) is 13.8 Å². The molecule has 2 aromatic heterocycles. The third kappa shape index (κ3) is 3.26. The van der Waals surface area contributed by atoms with Gasteiger partial charge in [0, 0.05) is 24.9 Å². The van der Waals surface area contributed by atoms with Crippen molar-refractivity contribution in [1.29, 1.82) is 0 Å². The summed E-state index contributed by atoms with van der Waals surface area (Å²) in [4.78, 5) is 27.8. The van der Waals surface area contributed by atoms with Crippen LogP contribution in [0.15, 0.2) is 39.8 Å². The topological polar surface area (TPSA) is 86.8 Å². The van der Waals surface area contributed by atoms with Gasteiger partial charge < -0.3 is 18.9 Å². The molecular formula is C21H21N3O5. The Morgan fingerprint density at radius 2 is 1.93 bits per heavy atom. The molecular weight excluding hydrogens is 374 g/mol. The summed E-state index contributed by atoms with van der Waals surface area (Å²) in [5.74, 6) is 1.50. The van der Waals surface area contributed by atoms with Gasteiger partial charge >= 0.3 is 0 Å². The van der Waals surface area contributed by atoms with Gasteiger partial charge in [-0.05, 0) is 44.5 Å². The highest BCUT2D eigenvalue weighted by Gasteiger charge is 2.23. The number of hydrogen-bond acceptors (Lipinski definition) is 6. The second-order valence-electron chi connectivity index (χ2n) is 7.05. The number of rotatable bonds is 4. The number of nitrogens with zero attached hydrogens (tertiary/aromatic N) is 3.